The average Bonchev–Trinajstić information content (AvgIpc) is 2.81. The Hall–Kier alpha value is -2.73. The third-order valence-corrected chi connectivity index (χ3v) is 5.41. The van der Waals surface area contributed by atoms with Crippen LogP contribution in [0.5, 0.6) is 11.5 Å². The van der Waals surface area contributed by atoms with Crippen LogP contribution in [0.15, 0.2) is 42.6 Å². The highest BCUT2D eigenvalue weighted by atomic mass is 35.5. The number of ether oxygens (including phenoxy) is 3. The third kappa shape index (κ3) is 5.33. The first-order valence-corrected chi connectivity index (χ1v) is 10.6. The Kier molecular flexibility index (Phi) is 8.47. The van der Waals surface area contributed by atoms with Crippen LogP contribution in [0.2, 0.25) is 0 Å². The van der Waals surface area contributed by atoms with Crippen molar-refractivity contribution < 1.29 is 34.6 Å². The van der Waals surface area contributed by atoms with Gasteiger partial charge in [-0.05, 0) is 50.2 Å². The predicted octanol–water partition coefficient (Wildman–Crippen LogP) is 1.68. The minimum atomic E-state index is -1.50. The molecule has 4 rings (SSSR count). The van der Waals surface area contributed by atoms with Gasteiger partial charge in [0.05, 0.1) is 24.6 Å². The first kappa shape index (κ1) is 25.9. The minimum absolute atomic E-state index is 0. The highest BCUT2D eigenvalue weighted by Crippen LogP contribution is 2.30. The number of hydrogen-bond acceptors (Lipinski definition) is 10. The molecule has 184 valence electrons. The van der Waals surface area contributed by atoms with Gasteiger partial charge >= 0.3 is 0 Å². The molecule has 0 saturated carbocycles. The molecule has 3 aromatic rings. The Bertz CT molecular complexity index is 1100. The third-order valence-electron chi connectivity index (χ3n) is 5.41. The van der Waals surface area contributed by atoms with Gasteiger partial charge in [-0.1, -0.05) is 0 Å². The van der Waals surface area contributed by atoms with E-state index in [9.17, 15) is 20.4 Å². The van der Waals surface area contributed by atoms with Crippen molar-refractivity contribution in [2.45, 2.75) is 44.6 Å². The molecule has 0 radical (unpaired) electrons. The van der Waals surface area contributed by atoms with Crippen molar-refractivity contribution in [3.05, 3.63) is 48.3 Å². The van der Waals surface area contributed by atoms with Gasteiger partial charge in [-0.25, -0.2) is 9.97 Å². The average molecular weight is 494 g/mol. The Labute approximate surface area is 202 Å². The molecule has 5 atom stereocenters. The molecule has 3 heterocycles. The molecule has 0 unspecified atom stereocenters. The Morgan fingerprint density at radius 3 is 2.47 bits per heavy atom. The number of aliphatic hydroxyl groups excluding tert-OH is 4. The number of rotatable bonds is 7. The minimum Gasteiger partial charge on any atom is -0.492 e. The predicted molar refractivity (Wildman–Crippen MR) is 127 cm³/mol. The molecule has 0 amide bonds. The van der Waals surface area contributed by atoms with Gasteiger partial charge in [0.2, 0.25) is 6.29 Å². The molecule has 2 aromatic heterocycles. The van der Waals surface area contributed by atoms with Crippen molar-refractivity contribution in [2.75, 3.05) is 18.5 Å². The topological polar surface area (TPSA) is 146 Å². The van der Waals surface area contributed by atoms with E-state index in [0.717, 1.165) is 22.5 Å². The van der Waals surface area contributed by atoms with E-state index in [1.165, 1.54) is 0 Å². The summed E-state index contributed by atoms with van der Waals surface area (Å²) in [6.45, 7) is 3.81. The van der Waals surface area contributed by atoms with E-state index < -0.39 is 37.3 Å². The van der Waals surface area contributed by atoms with Gasteiger partial charge in [0.1, 0.15) is 35.9 Å². The molecule has 5 N–H and O–H groups in total. The number of aliphatic hydroxyl groups is 4. The van der Waals surface area contributed by atoms with Crippen molar-refractivity contribution in [3.8, 4) is 11.5 Å². The van der Waals surface area contributed by atoms with E-state index in [2.05, 4.69) is 15.3 Å². The molecular formula is C23H28ClN3O7. The summed E-state index contributed by atoms with van der Waals surface area (Å²) in [4.78, 5) is 8.85. The van der Waals surface area contributed by atoms with Crippen molar-refractivity contribution in [1.29, 1.82) is 0 Å². The second-order valence-electron chi connectivity index (χ2n) is 7.70. The van der Waals surface area contributed by atoms with E-state index >= 15 is 0 Å². The van der Waals surface area contributed by atoms with Crippen LogP contribution in [-0.4, -0.2) is 74.3 Å². The number of benzene rings is 1. The van der Waals surface area contributed by atoms with E-state index in [0.29, 0.717) is 23.8 Å². The maximum Gasteiger partial charge on any atom is 0.229 e. The molecule has 0 bridgehead atoms. The molecule has 1 aliphatic rings. The standard InChI is InChI=1S/C23H27N3O7.ClH/c1-3-31-17-10-15-16(8-9-24-22(15)25-12(17)2)26-13-4-6-14(7-5-13)32-23-21(30)20(29)19(28)18(11-27)33-23;/h4-10,18-21,23,27-30H,3,11H2,1-2H3,(H,24,25,26);1H/t18-,19+,20+,21-,23-;/m1./s1. The van der Waals surface area contributed by atoms with Crippen molar-refractivity contribution in [1.82, 2.24) is 9.97 Å². The first-order chi connectivity index (χ1) is 15.9. The lowest BCUT2D eigenvalue weighted by Crippen LogP contribution is -2.60. The van der Waals surface area contributed by atoms with E-state index in [1.807, 2.05) is 26.0 Å². The van der Waals surface area contributed by atoms with Crippen LogP contribution in [0.1, 0.15) is 12.6 Å². The number of anilines is 2. The molecule has 0 aliphatic carbocycles. The van der Waals surface area contributed by atoms with Crippen LogP contribution in [0, 0.1) is 6.92 Å². The highest BCUT2D eigenvalue weighted by Gasteiger charge is 2.44. The molecular weight excluding hydrogens is 466 g/mol. The highest BCUT2D eigenvalue weighted by molar-refractivity contribution is 5.91. The van der Waals surface area contributed by atoms with Gasteiger partial charge in [-0.2, -0.15) is 0 Å². The SMILES string of the molecule is CCOc1cc2c(Nc3ccc(O[C@@H]4O[C@H](CO)[C@H](O)[C@H](O)[C@H]4O)cc3)ccnc2nc1C.Cl. The lowest BCUT2D eigenvalue weighted by atomic mass is 9.99. The quantitative estimate of drug-likeness (QED) is 0.329. The molecule has 1 aromatic carbocycles. The van der Waals surface area contributed by atoms with Crippen LogP contribution < -0.4 is 14.8 Å². The van der Waals surface area contributed by atoms with Gasteiger partial charge < -0.3 is 40.0 Å². The number of halogens is 1. The van der Waals surface area contributed by atoms with Crippen LogP contribution in [0.4, 0.5) is 11.4 Å². The largest absolute Gasteiger partial charge is 0.492 e. The van der Waals surface area contributed by atoms with Gasteiger partial charge in [0, 0.05) is 17.3 Å². The molecule has 34 heavy (non-hydrogen) atoms. The molecule has 10 nitrogen and oxygen atoms in total. The number of aryl methyl sites for hydroxylation is 1. The maximum absolute atomic E-state index is 10.1. The van der Waals surface area contributed by atoms with E-state index in [1.54, 1.807) is 30.5 Å². The zero-order valence-corrected chi connectivity index (χ0v) is 19.5. The van der Waals surface area contributed by atoms with Crippen LogP contribution in [-0.2, 0) is 4.74 Å². The van der Waals surface area contributed by atoms with Gasteiger partial charge in [-0.3, -0.25) is 0 Å². The van der Waals surface area contributed by atoms with Gasteiger partial charge in [0.25, 0.3) is 0 Å². The summed E-state index contributed by atoms with van der Waals surface area (Å²) in [5, 5.41) is 43.4. The second kappa shape index (κ2) is 11.1. The Morgan fingerprint density at radius 2 is 1.79 bits per heavy atom. The second-order valence-corrected chi connectivity index (χ2v) is 7.70. The number of fused-ring (bicyclic) bond motifs is 1. The summed E-state index contributed by atoms with van der Waals surface area (Å²) in [7, 11) is 0. The van der Waals surface area contributed by atoms with Crippen LogP contribution in [0.3, 0.4) is 0 Å². The number of aromatic nitrogens is 2. The zero-order chi connectivity index (χ0) is 23.5. The van der Waals surface area contributed by atoms with Crippen molar-refractivity contribution in [3.63, 3.8) is 0 Å². The molecule has 1 aliphatic heterocycles. The number of pyridine rings is 2. The Morgan fingerprint density at radius 1 is 1.06 bits per heavy atom. The molecule has 11 heteroatoms. The summed E-state index contributed by atoms with van der Waals surface area (Å²) >= 11 is 0. The van der Waals surface area contributed by atoms with Crippen molar-refractivity contribution in [2.24, 2.45) is 0 Å². The van der Waals surface area contributed by atoms with Gasteiger partial charge in [-0.15, -0.1) is 12.4 Å². The van der Waals surface area contributed by atoms with Gasteiger partial charge in [0.15, 0.2) is 5.65 Å². The fourth-order valence-corrected chi connectivity index (χ4v) is 3.62. The van der Waals surface area contributed by atoms with Crippen LogP contribution in [0.25, 0.3) is 11.0 Å². The fraction of sp³-hybridized carbons (Fsp3) is 0.391. The lowest BCUT2D eigenvalue weighted by Gasteiger charge is -2.39. The lowest BCUT2D eigenvalue weighted by molar-refractivity contribution is -0.277. The molecule has 0 spiro atoms. The zero-order valence-electron chi connectivity index (χ0n) is 18.7. The summed E-state index contributed by atoms with van der Waals surface area (Å²) in [5.41, 5.74) is 2.94. The summed E-state index contributed by atoms with van der Waals surface area (Å²) in [5.74, 6) is 1.07. The van der Waals surface area contributed by atoms with E-state index in [-0.39, 0.29) is 12.4 Å². The molecule has 1 fully saturated rings. The van der Waals surface area contributed by atoms with Crippen molar-refractivity contribution >= 4 is 34.8 Å². The fourth-order valence-electron chi connectivity index (χ4n) is 3.62. The summed E-state index contributed by atoms with van der Waals surface area (Å²) in [6, 6.07) is 10.6. The number of nitrogens with zero attached hydrogens (tertiary/aromatic N) is 2. The maximum atomic E-state index is 10.1. The number of nitrogens with one attached hydrogen (secondary N) is 1. The normalized spacial score (nSPS) is 24.4. The Balaban J connectivity index is 0.00000324. The van der Waals surface area contributed by atoms with Crippen LogP contribution >= 0.6 is 12.4 Å². The monoisotopic (exact) mass is 493 g/mol. The van der Waals surface area contributed by atoms with E-state index in [4.69, 9.17) is 14.2 Å². The summed E-state index contributed by atoms with van der Waals surface area (Å²) < 4.78 is 16.7. The number of hydrogen-bond donors (Lipinski definition) is 5. The summed E-state index contributed by atoms with van der Waals surface area (Å²) in [6.07, 6.45) is -5.01. The smallest absolute Gasteiger partial charge is 0.229 e. The molecule has 1 saturated heterocycles. The first-order valence-electron chi connectivity index (χ1n) is 10.6.